The summed E-state index contributed by atoms with van der Waals surface area (Å²) >= 11 is 0. The minimum Gasteiger partial charge on any atom is -0.406 e. The number of aromatic nitrogens is 3. The zero-order chi connectivity index (χ0) is 23.7. The summed E-state index contributed by atoms with van der Waals surface area (Å²) in [5.74, 6) is 0.182. The molecule has 174 valence electrons. The van der Waals surface area contributed by atoms with Crippen molar-refractivity contribution in [2.45, 2.75) is 19.3 Å². The summed E-state index contributed by atoms with van der Waals surface area (Å²) in [5, 5.41) is 3.64. The number of nitrogens with one attached hydrogen (secondary N) is 1. The second kappa shape index (κ2) is 8.69. The van der Waals surface area contributed by atoms with E-state index in [-0.39, 0.29) is 18.2 Å². The molecule has 0 bridgehead atoms. The van der Waals surface area contributed by atoms with Crippen molar-refractivity contribution < 1.29 is 22.7 Å². The molecule has 1 saturated heterocycles. The van der Waals surface area contributed by atoms with E-state index in [0.717, 1.165) is 30.7 Å². The van der Waals surface area contributed by atoms with Crippen molar-refractivity contribution in [3.8, 4) is 5.75 Å². The lowest BCUT2D eigenvalue weighted by Crippen LogP contribution is -2.37. The van der Waals surface area contributed by atoms with Crippen LogP contribution in [0.1, 0.15) is 22.5 Å². The average Bonchev–Trinajstić information content (AvgIpc) is 3.12. The quantitative estimate of drug-likeness (QED) is 0.439. The lowest BCUT2D eigenvalue weighted by atomic mass is 10.2. The van der Waals surface area contributed by atoms with E-state index in [1.165, 1.54) is 18.2 Å². The monoisotopic (exact) mass is 467 g/mol. The molecule has 0 atom stereocenters. The first-order valence-corrected chi connectivity index (χ1v) is 10.7. The Kier molecular flexibility index (Phi) is 5.56. The van der Waals surface area contributed by atoms with Crippen molar-refractivity contribution in [2.24, 2.45) is 0 Å². The molecule has 0 saturated carbocycles. The van der Waals surface area contributed by atoms with Gasteiger partial charge in [-0.05, 0) is 48.4 Å². The van der Waals surface area contributed by atoms with Crippen LogP contribution >= 0.6 is 0 Å². The maximum atomic E-state index is 13.2. The molecule has 1 aliphatic heterocycles. The summed E-state index contributed by atoms with van der Waals surface area (Å²) in [5.41, 5.74) is 2.11. The highest BCUT2D eigenvalue weighted by Crippen LogP contribution is 2.26. The van der Waals surface area contributed by atoms with E-state index >= 15 is 0 Å². The van der Waals surface area contributed by atoms with Gasteiger partial charge in [0.25, 0.3) is 5.91 Å². The molecular weight excluding hydrogens is 447 g/mol. The largest absolute Gasteiger partial charge is 0.573 e. The predicted octanol–water partition coefficient (Wildman–Crippen LogP) is 4.84. The van der Waals surface area contributed by atoms with Gasteiger partial charge in [-0.15, -0.1) is 13.2 Å². The summed E-state index contributed by atoms with van der Waals surface area (Å²) in [7, 11) is 0. The average molecular weight is 467 g/mol. The third-order valence-electron chi connectivity index (χ3n) is 5.60. The molecule has 1 N–H and O–H groups in total. The van der Waals surface area contributed by atoms with Gasteiger partial charge in [0.05, 0.1) is 23.6 Å². The Labute approximate surface area is 192 Å². The van der Waals surface area contributed by atoms with Gasteiger partial charge in [0.1, 0.15) is 17.3 Å². The summed E-state index contributed by atoms with van der Waals surface area (Å²) in [6.07, 6.45) is 1.20. The molecule has 5 rings (SSSR count). The van der Waals surface area contributed by atoms with Crippen molar-refractivity contribution >= 4 is 28.3 Å². The Balaban J connectivity index is 1.42. The standard InChI is InChI=1S/C24H20F3N5O2/c25-24(26,27)34-19-4-1-3-16(11-19)15-32-20(12-17-7-8-28-14-21(17)32)23(33)30-18-5-6-22(29-13-18)31-9-2-10-31/h1,3-8,11-14H,2,9-10,15H2,(H,30,33). The van der Waals surface area contributed by atoms with Crippen LogP contribution in [-0.4, -0.2) is 39.9 Å². The van der Waals surface area contributed by atoms with Crippen molar-refractivity contribution in [1.29, 1.82) is 0 Å². The summed E-state index contributed by atoms with van der Waals surface area (Å²) < 4.78 is 43.6. The van der Waals surface area contributed by atoms with Gasteiger partial charge in [-0.3, -0.25) is 9.78 Å². The number of rotatable bonds is 6. The fourth-order valence-corrected chi connectivity index (χ4v) is 3.87. The van der Waals surface area contributed by atoms with Crippen LogP contribution in [0.3, 0.4) is 0 Å². The zero-order valence-electron chi connectivity index (χ0n) is 17.9. The Morgan fingerprint density at radius 2 is 1.94 bits per heavy atom. The molecule has 1 amide bonds. The minimum absolute atomic E-state index is 0.152. The van der Waals surface area contributed by atoms with Gasteiger partial charge in [-0.1, -0.05) is 12.1 Å². The topological polar surface area (TPSA) is 72.3 Å². The number of carbonyl (C=O) groups excluding carboxylic acids is 1. The number of carbonyl (C=O) groups is 1. The number of benzene rings is 1. The molecule has 1 aromatic carbocycles. The van der Waals surface area contributed by atoms with Crippen molar-refractivity contribution in [3.05, 3.63) is 78.4 Å². The highest BCUT2D eigenvalue weighted by atomic mass is 19.4. The van der Waals surface area contributed by atoms with E-state index in [9.17, 15) is 18.0 Å². The number of fused-ring (bicyclic) bond motifs is 1. The fourth-order valence-electron chi connectivity index (χ4n) is 3.87. The zero-order valence-corrected chi connectivity index (χ0v) is 17.9. The first-order chi connectivity index (χ1) is 16.4. The second-order valence-electron chi connectivity index (χ2n) is 7.95. The van der Waals surface area contributed by atoms with Crippen LogP contribution in [-0.2, 0) is 6.54 Å². The number of anilines is 2. The van der Waals surface area contributed by atoms with E-state index < -0.39 is 6.36 Å². The maximum absolute atomic E-state index is 13.2. The van der Waals surface area contributed by atoms with Crippen LogP contribution < -0.4 is 15.0 Å². The summed E-state index contributed by atoms with van der Waals surface area (Å²) in [4.78, 5) is 23.9. The number of hydrogen-bond acceptors (Lipinski definition) is 5. The Bertz CT molecular complexity index is 1330. The van der Waals surface area contributed by atoms with Crippen molar-refractivity contribution in [1.82, 2.24) is 14.5 Å². The van der Waals surface area contributed by atoms with Gasteiger partial charge in [0.15, 0.2) is 0 Å². The SMILES string of the molecule is O=C(Nc1ccc(N2CCC2)nc1)c1cc2ccncc2n1Cc1cccc(OC(F)(F)F)c1. The predicted molar refractivity (Wildman–Crippen MR) is 121 cm³/mol. The van der Waals surface area contributed by atoms with Crippen LogP contribution in [0.4, 0.5) is 24.7 Å². The second-order valence-corrected chi connectivity index (χ2v) is 7.95. The molecule has 4 aromatic rings. The van der Waals surface area contributed by atoms with Crippen LogP contribution in [0.5, 0.6) is 5.75 Å². The minimum atomic E-state index is -4.78. The molecule has 0 aliphatic carbocycles. The number of pyridine rings is 2. The van der Waals surface area contributed by atoms with Gasteiger partial charge < -0.3 is 19.5 Å². The molecular formula is C24H20F3N5O2. The van der Waals surface area contributed by atoms with Crippen molar-refractivity contribution in [2.75, 3.05) is 23.3 Å². The molecule has 0 spiro atoms. The third kappa shape index (κ3) is 4.66. The maximum Gasteiger partial charge on any atom is 0.573 e. The van der Waals surface area contributed by atoms with E-state index in [4.69, 9.17) is 0 Å². The lowest BCUT2D eigenvalue weighted by molar-refractivity contribution is -0.274. The Morgan fingerprint density at radius 3 is 2.65 bits per heavy atom. The molecule has 0 unspecified atom stereocenters. The van der Waals surface area contributed by atoms with Crippen molar-refractivity contribution in [3.63, 3.8) is 0 Å². The van der Waals surface area contributed by atoms with Gasteiger partial charge >= 0.3 is 6.36 Å². The van der Waals surface area contributed by atoms with Gasteiger partial charge in [0.2, 0.25) is 0 Å². The van der Waals surface area contributed by atoms with E-state index in [2.05, 4.69) is 24.9 Å². The Hall–Kier alpha value is -4.08. The molecule has 34 heavy (non-hydrogen) atoms. The molecule has 1 fully saturated rings. The summed E-state index contributed by atoms with van der Waals surface area (Å²) in [6.45, 7) is 2.10. The van der Waals surface area contributed by atoms with Crippen LogP contribution in [0.15, 0.2) is 67.1 Å². The Morgan fingerprint density at radius 1 is 1.09 bits per heavy atom. The number of amides is 1. The van der Waals surface area contributed by atoms with Gasteiger partial charge in [-0.2, -0.15) is 0 Å². The summed E-state index contributed by atoms with van der Waals surface area (Å²) in [6, 6.07) is 12.8. The first-order valence-electron chi connectivity index (χ1n) is 10.7. The highest BCUT2D eigenvalue weighted by molar-refractivity contribution is 6.06. The van der Waals surface area contributed by atoms with Crippen LogP contribution in [0.25, 0.3) is 10.9 Å². The number of nitrogens with zero attached hydrogens (tertiary/aromatic N) is 4. The van der Waals surface area contributed by atoms with E-state index in [1.807, 2.05) is 6.07 Å². The smallest absolute Gasteiger partial charge is 0.406 e. The van der Waals surface area contributed by atoms with Gasteiger partial charge in [0, 0.05) is 31.2 Å². The normalized spacial score (nSPS) is 13.6. The molecule has 7 nitrogen and oxygen atoms in total. The lowest BCUT2D eigenvalue weighted by Gasteiger charge is -2.31. The number of halogens is 3. The molecule has 0 radical (unpaired) electrons. The van der Waals surface area contributed by atoms with E-state index in [1.54, 1.807) is 47.4 Å². The highest BCUT2D eigenvalue weighted by Gasteiger charge is 2.31. The molecule has 4 heterocycles. The third-order valence-corrected chi connectivity index (χ3v) is 5.60. The molecule has 3 aromatic heterocycles. The molecule has 10 heteroatoms. The first kappa shape index (κ1) is 21.7. The van der Waals surface area contributed by atoms with Crippen LogP contribution in [0, 0.1) is 0 Å². The number of ether oxygens (including phenoxy) is 1. The fraction of sp³-hybridized carbons (Fsp3) is 0.208. The number of alkyl halides is 3. The van der Waals surface area contributed by atoms with Gasteiger partial charge in [-0.25, -0.2) is 4.98 Å². The van der Waals surface area contributed by atoms with E-state index in [0.29, 0.717) is 22.5 Å². The van der Waals surface area contributed by atoms with Crippen LogP contribution in [0.2, 0.25) is 0 Å². The molecule has 1 aliphatic rings. The number of hydrogen-bond donors (Lipinski definition) is 1.